The summed E-state index contributed by atoms with van der Waals surface area (Å²) in [5.74, 6) is 0.706. The first-order valence-electron chi connectivity index (χ1n) is 7.17. The Hall–Kier alpha value is -2.68. The first-order valence-corrected chi connectivity index (χ1v) is 7.61. The highest BCUT2D eigenvalue weighted by Crippen LogP contribution is 2.15. The summed E-state index contributed by atoms with van der Waals surface area (Å²) in [5.41, 5.74) is 2.07. The lowest BCUT2D eigenvalue weighted by atomic mass is 10.2. The Bertz CT molecular complexity index is 775. The highest BCUT2D eigenvalue weighted by molar-refractivity contribution is 7.80. The number of anilines is 1. The number of aromatic nitrogens is 3. The molecule has 0 unspecified atom stereocenters. The van der Waals surface area contributed by atoms with Gasteiger partial charge in [-0.2, -0.15) is 4.98 Å². The van der Waals surface area contributed by atoms with Gasteiger partial charge in [0.05, 0.1) is 0 Å². The zero-order valence-corrected chi connectivity index (χ0v) is 14.3. The largest absolute Gasteiger partial charge is 0.458 e. The fraction of sp³-hybridized carbons (Fsp3) is 0.118. The van der Waals surface area contributed by atoms with Crippen LogP contribution in [-0.4, -0.2) is 25.9 Å². The van der Waals surface area contributed by atoms with Crippen molar-refractivity contribution in [2.75, 3.05) is 5.32 Å². The molecule has 0 fully saturated rings. The summed E-state index contributed by atoms with van der Waals surface area (Å²) in [6, 6.07) is 13.9. The molecule has 25 heavy (non-hydrogen) atoms. The molecule has 8 heteroatoms. The summed E-state index contributed by atoms with van der Waals surface area (Å²) in [7, 11) is 0. The molecule has 0 saturated heterocycles. The fourth-order valence-electron chi connectivity index (χ4n) is 1.99. The average Bonchev–Trinajstić information content (AvgIpc) is 2.61. The Kier molecular flexibility index (Phi) is 8.34. The molecule has 132 valence electrons. The molecule has 0 spiro atoms. The summed E-state index contributed by atoms with van der Waals surface area (Å²) in [4.78, 5) is 13.5. The van der Waals surface area contributed by atoms with Gasteiger partial charge in [-0.15, -0.1) is 12.6 Å². The van der Waals surface area contributed by atoms with E-state index in [0.29, 0.717) is 25.0 Å². The van der Waals surface area contributed by atoms with Crippen molar-refractivity contribution in [3.8, 4) is 6.01 Å². The third kappa shape index (κ3) is 6.03. The maximum Gasteiger partial charge on any atom is 0.318 e. The monoisotopic (exact) mass is 360 g/mol. The van der Waals surface area contributed by atoms with Crippen molar-refractivity contribution >= 4 is 18.4 Å². The SMILES string of the molecule is O.O.Sc1ccccc1CNc1ccnc(OCc2cccnc2)n1. The standard InChI is InChI=1S/C17H16N4OS.2H2O/c23-15-6-2-1-5-14(15)11-20-16-7-9-19-17(21-16)22-12-13-4-3-8-18-10-13;;/h1-10,23H,11-12H2,(H,19,20,21);2*1H2. The molecule has 7 nitrogen and oxygen atoms in total. The van der Waals surface area contributed by atoms with E-state index < -0.39 is 0 Å². The smallest absolute Gasteiger partial charge is 0.318 e. The molecule has 0 aliphatic carbocycles. The number of pyridine rings is 1. The minimum atomic E-state index is 0. The average molecular weight is 360 g/mol. The number of hydrogen-bond donors (Lipinski definition) is 2. The second-order valence-electron chi connectivity index (χ2n) is 4.86. The van der Waals surface area contributed by atoms with Crippen molar-refractivity contribution in [3.05, 3.63) is 72.2 Å². The lowest BCUT2D eigenvalue weighted by Gasteiger charge is -2.09. The molecule has 0 aliphatic heterocycles. The molecule has 0 amide bonds. The zero-order valence-electron chi connectivity index (χ0n) is 13.4. The van der Waals surface area contributed by atoms with Crippen LogP contribution in [0.15, 0.2) is 66.0 Å². The molecule has 1 aromatic carbocycles. The summed E-state index contributed by atoms with van der Waals surface area (Å²) in [6.07, 6.45) is 5.15. The molecule has 2 aromatic heterocycles. The Labute approximate surface area is 151 Å². The van der Waals surface area contributed by atoms with Crippen molar-refractivity contribution in [1.29, 1.82) is 0 Å². The van der Waals surface area contributed by atoms with Crippen LogP contribution in [0.1, 0.15) is 11.1 Å². The summed E-state index contributed by atoms with van der Waals surface area (Å²) < 4.78 is 5.59. The highest BCUT2D eigenvalue weighted by atomic mass is 32.1. The van der Waals surface area contributed by atoms with Gasteiger partial charge in [-0.3, -0.25) is 4.98 Å². The van der Waals surface area contributed by atoms with Crippen LogP contribution in [0.4, 0.5) is 5.82 Å². The second kappa shape index (κ2) is 10.2. The number of benzene rings is 1. The van der Waals surface area contributed by atoms with E-state index in [1.165, 1.54) is 0 Å². The van der Waals surface area contributed by atoms with Crippen LogP contribution in [0.25, 0.3) is 0 Å². The van der Waals surface area contributed by atoms with Crippen LogP contribution in [0, 0.1) is 0 Å². The fourth-order valence-corrected chi connectivity index (χ4v) is 2.23. The Balaban J connectivity index is 0.00000156. The van der Waals surface area contributed by atoms with Gasteiger partial charge in [-0.1, -0.05) is 24.3 Å². The minimum absolute atomic E-state index is 0. The van der Waals surface area contributed by atoms with Crippen LogP contribution in [0.3, 0.4) is 0 Å². The number of thiol groups is 1. The van der Waals surface area contributed by atoms with Gasteiger partial charge in [0.2, 0.25) is 0 Å². The number of nitrogens with zero attached hydrogens (tertiary/aromatic N) is 3. The molecular weight excluding hydrogens is 340 g/mol. The van der Waals surface area contributed by atoms with E-state index in [0.717, 1.165) is 16.0 Å². The van der Waals surface area contributed by atoms with Crippen LogP contribution in [0.2, 0.25) is 0 Å². The molecule has 0 saturated carbocycles. The van der Waals surface area contributed by atoms with Gasteiger partial charge in [0.1, 0.15) is 12.4 Å². The van der Waals surface area contributed by atoms with Gasteiger partial charge >= 0.3 is 6.01 Å². The van der Waals surface area contributed by atoms with E-state index in [1.807, 2.05) is 36.4 Å². The molecular formula is C17H20N4O3S. The maximum absolute atomic E-state index is 5.59. The Morgan fingerprint density at radius 1 is 1.00 bits per heavy atom. The quantitative estimate of drug-likeness (QED) is 0.648. The number of rotatable bonds is 6. The molecule has 3 aromatic rings. The molecule has 5 N–H and O–H groups in total. The summed E-state index contributed by atoms with van der Waals surface area (Å²) in [5, 5.41) is 3.25. The molecule has 2 heterocycles. The van der Waals surface area contributed by atoms with E-state index in [1.54, 1.807) is 24.7 Å². The van der Waals surface area contributed by atoms with Crippen molar-refractivity contribution in [3.63, 3.8) is 0 Å². The number of ether oxygens (including phenoxy) is 1. The lowest BCUT2D eigenvalue weighted by Crippen LogP contribution is -2.05. The second-order valence-corrected chi connectivity index (χ2v) is 5.34. The van der Waals surface area contributed by atoms with E-state index in [2.05, 4.69) is 32.9 Å². The predicted octanol–water partition coefficient (Wildman–Crippen LogP) is 1.70. The zero-order chi connectivity index (χ0) is 15.9. The predicted molar refractivity (Wildman–Crippen MR) is 98.8 cm³/mol. The van der Waals surface area contributed by atoms with Crippen LogP contribution < -0.4 is 10.1 Å². The minimum Gasteiger partial charge on any atom is -0.458 e. The third-order valence-corrected chi connectivity index (χ3v) is 3.61. The molecule has 0 aliphatic rings. The van der Waals surface area contributed by atoms with Gasteiger partial charge in [0, 0.05) is 35.6 Å². The van der Waals surface area contributed by atoms with Gasteiger partial charge in [-0.25, -0.2) is 4.98 Å². The highest BCUT2D eigenvalue weighted by Gasteiger charge is 2.03. The third-order valence-electron chi connectivity index (χ3n) is 3.18. The van der Waals surface area contributed by atoms with Gasteiger partial charge in [-0.05, 0) is 23.8 Å². The van der Waals surface area contributed by atoms with Crippen LogP contribution >= 0.6 is 12.6 Å². The van der Waals surface area contributed by atoms with Gasteiger partial charge in [0.25, 0.3) is 0 Å². The molecule has 0 bridgehead atoms. The molecule has 0 radical (unpaired) electrons. The summed E-state index contributed by atoms with van der Waals surface area (Å²) in [6.45, 7) is 1.02. The Morgan fingerprint density at radius 3 is 2.60 bits per heavy atom. The van der Waals surface area contributed by atoms with Crippen LogP contribution in [-0.2, 0) is 13.2 Å². The van der Waals surface area contributed by atoms with Gasteiger partial charge in [0.15, 0.2) is 0 Å². The van der Waals surface area contributed by atoms with Gasteiger partial charge < -0.3 is 21.0 Å². The topological polar surface area (TPSA) is 123 Å². The number of nitrogens with one attached hydrogen (secondary N) is 1. The first-order chi connectivity index (χ1) is 11.3. The van der Waals surface area contributed by atoms with E-state index in [4.69, 9.17) is 4.74 Å². The first kappa shape index (κ1) is 20.4. The van der Waals surface area contributed by atoms with Crippen molar-refractivity contribution < 1.29 is 15.7 Å². The van der Waals surface area contributed by atoms with Crippen molar-refractivity contribution in [1.82, 2.24) is 15.0 Å². The van der Waals surface area contributed by atoms with E-state index >= 15 is 0 Å². The maximum atomic E-state index is 5.59. The van der Waals surface area contributed by atoms with Crippen molar-refractivity contribution in [2.24, 2.45) is 0 Å². The molecule has 3 rings (SSSR count). The Morgan fingerprint density at radius 2 is 1.84 bits per heavy atom. The normalized spacial score (nSPS) is 9.48. The van der Waals surface area contributed by atoms with Crippen molar-refractivity contribution in [2.45, 2.75) is 18.0 Å². The number of hydrogen-bond acceptors (Lipinski definition) is 6. The lowest BCUT2D eigenvalue weighted by molar-refractivity contribution is 0.280. The van der Waals surface area contributed by atoms with Crippen LogP contribution in [0.5, 0.6) is 6.01 Å². The molecule has 0 atom stereocenters. The van der Waals surface area contributed by atoms with E-state index in [9.17, 15) is 0 Å². The summed E-state index contributed by atoms with van der Waals surface area (Å²) >= 11 is 4.44. The van der Waals surface area contributed by atoms with E-state index in [-0.39, 0.29) is 11.0 Å².